The van der Waals surface area contributed by atoms with Gasteiger partial charge in [-0.1, -0.05) is 34.6 Å². The summed E-state index contributed by atoms with van der Waals surface area (Å²) < 4.78 is 11.9. The maximum Gasteiger partial charge on any atom is 0.191 e. The molecule has 0 atom stereocenters. The highest BCUT2D eigenvalue weighted by atomic mass is 35.5. The van der Waals surface area contributed by atoms with Gasteiger partial charge < -0.3 is 8.85 Å². The summed E-state index contributed by atoms with van der Waals surface area (Å²) in [5, 5.41) is 0.327. The van der Waals surface area contributed by atoms with Crippen LogP contribution in [0.5, 0.6) is 0 Å². The zero-order chi connectivity index (χ0) is 20.9. The van der Waals surface area contributed by atoms with Crippen LogP contribution in [0, 0.1) is 5.92 Å². The highest BCUT2D eigenvalue weighted by Gasteiger charge is 2.36. The molecule has 26 heavy (non-hydrogen) atoms. The minimum atomic E-state index is -1.50. The van der Waals surface area contributed by atoms with Gasteiger partial charge in [0.25, 0.3) is 0 Å². The molecule has 0 heterocycles. The summed E-state index contributed by atoms with van der Waals surface area (Å²) in [4.78, 5) is 0. The van der Waals surface area contributed by atoms with E-state index in [4.69, 9.17) is 32.1 Å². The Morgan fingerprint density at radius 1 is 0.769 bits per heavy atom. The molecule has 0 rings (SSSR count). The molecular formula is C20H46Cl2O2Si2. The van der Waals surface area contributed by atoms with Crippen LogP contribution in [0.15, 0.2) is 0 Å². The average molecular weight is 446 g/mol. The van der Waals surface area contributed by atoms with Gasteiger partial charge in [-0.2, -0.15) is 0 Å². The third-order valence-corrected chi connectivity index (χ3v) is 12.6. The molecule has 0 bridgehead atoms. The van der Waals surface area contributed by atoms with E-state index in [2.05, 4.69) is 60.8 Å². The normalized spacial score (nSPS) is 12.9. The molecule has 0 amide bonds. The molecule has 0 spiro atoms. The van der Waals surface area contributed by atoms with Crippen molar-refractivity contribution >= 4 is 39.8 Å². The predicted octanol–water partition coefficient (Wildman–Crippen LogP) is 7.91. The molecule has 0 aliphatic carbocycles. The summed E-state index contributed by atoms with van der Waals surface area (Å²) in [5.41, 5.74) is 0. The lowest BCUT2D eigenvalue weighted by Crippen LogP contribution is -2.40. The first kappa shape index (κ1) is 29.1. The fourth-order valence-corrected chi connectivity index (χ4v) is 6.57. The topological polar surface area (TPSA) is 18.5 Å². The minimum absolute atomic E-state index is 0.327. The number of alkyl halides is 2. The highest BCUT2D eigenvalue weighted by Crippen LogP contribution is 2.36. The smallest absolute Gasteiger partial charge is 0.191 e. The number of halogens is 2. The predicted molar refractivity (Wildman–Crippen MR) is 126 cm³/mol. The van der Waals surface area contributed by atoms with Gasteiger partial charge in [0.2, 0.25) is 0 Å². The van der Waals surface area contributed by atoms with Crippen LogP contribution in [0.4, 0.5) is 0 Å². The first-order valence-electron chi connectivity index (χ1n) is 10.2. The van der Waals surface area contributed by atoms with Gasteiger partial charge in [-0.25, -0.2) is 0 Å². The van der Waals surface area contributed by atoms with E-state index < -0.39 is 16.6 Å². The quantitative estimate of drug-likeness (QED) is 0.173. The summed E-state index contributed by atoms with van der Waals surface area (Å²) >= 11 is 11.2. The van der Waals surface area contributed by atoms with Crippen molar-refractivity contribution in [3.8, 4) is 0 Å². The van der Waals surface area contributed by atoms with E-state index in [9.17, 15) is 0 Å². The van der Waals surface area contributed by atoms with E-state index in [1.165, 1.54) is 6.04 Å². The number of rotatable bonds is 12. The lowest BCUT2D eigenvalue weighted by molar-refractivity contribution is 0.281. The second kappa shape index (κ2) is 14.9. The first-order chi connectivity index (χ1) is 11.8. The molecule has 0 aliphatic heterocycles. The minimum Gasteiger partial charge on any atom is -0.417 e. The van der Waals surface area contributed by atoms with Crippen molar-refractivity contribution in [3.05, 3.63) is 0 Å². The van der Waals surface area contributed by atoms with E-state index in [1.54, 1.807) is 0 Å². The monoisotopic (exact) mass is 444 g/mol. The molecule has 6 heteroatoms. The summed E-state index contributed by atoms with van der Waals surface area (Å²) in [7, 11) is -2.86. The Labute approximate surface area is 177 Å². The van der Waals surface area contributed by atoms with Crippen LogP contribution in [0.2, 0.25) is 37.3 Å². The third-order valence-electron chi connectivity index (χ3n) is 4.72. The Kier molecular flexibility index (Phi) is 16.7. The van der Waals surface area contributed by atoms with Gasteiger partial charge in [0.05, 0.1) is 0 Å². The molecule has 0 aromatic rings. The van der Waals surface area contributed by atoms with Crippen LogP contribution < -0.4 is 0 Å². The fourth-order valence-electron chi connectivity index (χ4n) is 2.33. The van der Waals surface area contributed by atoms with E-state index >= 15 is 0 Å². The van der Waals surface area contributed by atoms with Crippen LogP contribution >= 0.6 is 23.2 Å². The van der Waals surface area contributed by atoms with E-state index in [-0.39, 0.29) is 0 Å². The summed E-state index contributed by atoms with van der Waals surface area (Å²) in [6, 6.07) is 1.26. The molecule has 0 aromatic heterocycles. The van der Waals surface area contributed by atoms with Crippen LogP contribution in [-0.4, -0.2) is 41.6 Å². The molecule has 2 nitrogen and oxygen atoms in total. The lowest BCUT2D eigenvalue weighted by atomic mass is 10.2. The maximum absolute atomic E-state index is 5.98. The van der Waals surface area contributed by atoms with Crippen LogP contribution in [0.3, 0.4) is 0 Å². The Morgan fingerprint density at radius 2 is 1.19 bits per heavy atom. The molecule has 0 saturated heterocycles. The van der Waals surface area contributed by atoms with Crippen molar-refractivity contribution in [2.45, 2.75) is 97.6 Å². The zero-order valence-corrected chi connectivity index (χ0v) is 22.5. The van der Waals surface area contributed by atoms with Gasteiger partial charge in [0.15, 0.2) is 16.6 Å². The van der Waals surface area contributed by atoms with Crippen LogP contribution in [0.1, 0.15) is 60.3 Å². The van der Waals surface area contributed by atoms with Crippen molar-refractivity contribution in [2.24, 2.45) is 5.92 Å². The van der Waals surface area contributed by atoms with Gasteiger partial charge in [-0.15, -0.1) is 23.2 Å². The van der Waals surface area contributed by atoms with E-state index in [0.717, 1.165) is 56.6 Å². The van der Waals surface area contributed by atoms with Crippen molar-refractivity contribution in [1.82, 2.24) is 0 Å². The van der Waals surface area contributed by atoms with Crippen molar-refractivity contribution in [3.63, 3.8) is 0 Å². The second-order valence-corrected chi connectivity index (χ2v) is 19.4. The highest BCUT2D eigenvalue weighted by molar-refractivity contribution is 6.74. The van der Waals surface area contributed by atoms with E-state index in [0.29, 0.717) is 5.04 Å². The van der Waals surface area contributed by atoms with Crippen LogP contribution in [-0.2, 0) is 8.85 Å². The third kappa shape index (κ3) is 17.1. The number of hydrogen-bond acceptors (Lipinski definition) is 2. The zero-order valence-electron chi connectivity index (χ0n) is 19.0. The average Bonchev–Trinajstić information content (AvgIpc) is 2.46. The Morgan fingerprint density at radius 3 is 1.54 bits per heavy atom. The summed E-state index contributed by atoms with van der Waals surface area (Å²) in [6.45, 7) is 22.3. The van der Waals surface area contributed by atoms with Gasteiger partial charge in [0.1, 0.15) is 0 Å². The molecule has 0 fully saturated rings. The Balaban J connectivity index is 0. The van der Waals surface area contributed by atoms with Crippen molar-refractivity contribution < 1.29 is 8.85 Å². The molecule has 0 N–H and O–H groups in total. The summed E-state index contributed by atoms with van der Waals surface area (Å²) in [5.74, 6) is 2.27. The van der Waals surface area contributed by atoms with Gasteiger partial charge in [0, 0.05) is 25.0 Å². The van der Waals surface area contributed by atoms with Gasteiger partial charge >= 0.3 is 0 Å². The standard InChI is InChI=1S/2C10H23ClOSi/c1-10(2,3)13(4,5)12-9-7-6-8-11;1-10(2)9-13(3,4)12-8-6-5-7-11/h6-9H2,1-5H3;10H,5-9H2,1-4H3. The lowest BCUT2D eigenvalue weighted by Gasteiger charge is -2.36. The van der Waals surface area contributed by atoms with Gasteiger partial charge in [-0.3, -0.25) is 0 Å². The van der Waals surface area contributed by atoms with Crippen molar-refractivity contribution in [1.29, 1.82) is 0 Å². The van der Waals surface area contributed by atoms with E-state index in [1.807, 2.05) is 0 Å². The Hall–Kier alpha value is 0.934. The molecule has 0 unspecified atom stereocenters. The molecule has 0 radical (unpaired) electrons. The second-order valence-electron chi connectivity index (χ2n) is 9.61. The first-order valence-corrected chi connectivity index (χ1v) is 17.3. The number of unbranched alkanes of at least 4 members (excludes halogenated alkanes) is 2. The molecule has 160 valence electrons. The largest absolute Gasteiger partial charge is 0.417 e. The number of hydrogen-bond donors (Lipinski definition) is 0. The molecule has 0 aromatic carbocycles. The molecular weight excluding hydrogens is 399 g/mol. The van der Waals surface area contributed by atoms with Crippen LogP contribution in [0.25, 0.3) is 0 Å². The summed E-state index contributed by atoms with van der Waals surface area (Å²) in [6.07, 6.45) is 4.35. The van der Waals surface area contributed by atoms with Gasteiger partial charge in [-0.05, 0) is 68.9 Å². The Bertz CT molecular complexity index is 330. The molecule has 0 aliphatic rings. The SMILES string of the molecule is CC(C)(C)[Si](C)(C)OCCCCCl.CC(C)C[Si](C)(C)OCCCCCl. The molecule has 0 saturated carbocycles. The maximum atomic E-state index is 5.98. The fraction of sp³-hybridized carbons (Fsp3) is 1.00. The van der Waals surface area contributed by atoms with Crippen molar-refractivity contribution in [2.75, 3.05) is 25.0 Å².